The molecule has 3 N–H and O–H groups in total. The molecule has 0 radical (unpaired) electrons. The summed E-state index contributed by atoms with van der Waals surface area (Å²) in [5, 5.41) is 3.39. The number of aryl methyl sites for hydroxylation is 1. The average Bonchev–Trinajstić information content (AvgIpc) is 2.25. The van der Waals surface area contributed by atoms with Crippen LogP contribution in [-0.2, 0) is 5.41 Å². The van der Waals surface area contributed by atoms with E-state index in [0.717, 1.165) is 6.42 Å². The zero-order chi connectivity index (χ0) is 13.9. The predicted molar refractivity (Wildman–Crippen MR) is 79.9 cm³/mol. The Kier molecular flexibility index (Phi) is 4.94. The number of nitrogens with two attached hydrogens (primary N) is 1. The van der Waals surface area contributed by atoms with E-state index in [2.05, 4.69) is 58.1 Å². The van der Waals surface area contributed by atoms with Crippen LogP contribution in [0.2, 0.25) is 0 Å². The molecule has 1 rings (SSSR count). The monoisotopic (exact) mass is 248 g/mol. The first-order chi connectivity index (χ1) is 8.25. The van der Waals surface area contributed by atoms with Crippen molar-refractivity contribution in [2.24, 2.45) is 5.73 Å². The van der Waals surface area contributed by atoms with Gasteiger partial charge in [0.05, 0.1) is 0 Å². The predicted octanol–water partition coefficient (Wildman–Crippen LogP) is 3.29. The zero-order valence-corrected chi connectivity index (χ0v) is 12.7. The van der Waals surface area contributed by atoms with E-state index in [4.69, 9.17) is 5.73 Å². The summed E-state index contributed by atoms with van der Waals surface area (Å²) in [6.07, 6.45) is 0.963. The van der Waals surface area contributed by atoms with Gasteiger partial charge < -0.3 is 11.1 Å². The lowest BCUT2D eigenvalue weighted by Crippen LogP contribution is -2.26. The van der Waals surface area contributed by atoms with Crippen molar-refractivity contribution >= 4 is 0 Å². The molecule has 102 valence electrons. The summed E-state index contributed by atoms with van der Waals surface area (Å²) in [6, 6.07) is 7.34. The molecule has 0 amide bonds. The first kappa shape index (κ1) is 15.2. The van der Waals surface area contributed by atoms with E-state index in [-0.39, 0.29) is 11.5 Å². The van der Waals surface area contributed by atoms with E-state index < -0.39 is 0 Å². The number of hydrogen-bond acceptors (Lipinski definition) is 2. The molecule has 2 atom stereocenters. The number of rotatable bonds is 4. The third-order valence-corrected chi connectivity index (χ3v) is 3.48. The van der Waals surface area contributed by atoms with E-state index >= 15 is 0 Å². The van der Waals surface area contributed by atoms with Crippen molar-refractivity contribution in [1.82, 2.24) is 5.32 Å². The smallest absolute Gasteiger partial charge is 0.0334 e. The summed E-state index contributed by atoms with van der Waals surface area (Å²) < 4.78 is 0. The fraction of sp³-hybridized carbons (Fsp3) is 0.625. The van der Waals surface area contributed by atoms with E-state index in [1.807, 2.05) is 7.05 Å². The maximum atomic E-state index is 5.94. The second-order valence-electron chi connectivity index (χ2n) is 6.38. The lowest BCUT2D eigenvalue weighted by atomic mass is 9.83. The minimum Gasteiger partial charge on any atom is -0.328 e. The molecule has 0 saturated carbocycles. The first-order valence-electron chi connectivity index (χ1n) is 6.79. The van der Waals surface area contributed by atoms with Gasteiger partial charge in [-0.1, -0.05) is 39.0 Å². The fourth-order valence-electron chi connectivity index (χ4n) is 2.25. The minimum absolute atomic E-state index is 0.190. The van der Waals surface area contributed by atoms with Gasteiger partial charge in [0.2, 0.25) is 0 Å². The molecule has 0 saturated heterocycles. The number of benzene rings is 1. The summed E-state index contributed by atoms with van der Waals surface area (Å²) in [7, 11) is 2.01. The third-order valence-electron chi connectivity index (χ3n) is 3.48. The SMILES string of the molecule is CNC(CC(C)N)c1cc(C(C)(C)C)ccc1C. The van der Waals surface area contributed by atoms with Gasteiger partial charge in [0.25, 0.3) is 0 Å². The Morgan fingerprint density at radius 3 is 2.33 bits per heavy atom. The molecule has 2 nitrogen and oxygen atoms in total. The molecule has 0 aliphatic rings. The van der Waals surface area contributed by atoms with Crippen LogP contribution in [-0.4, -0.2) is 13.1 Å². The van der Waals surface area contributed by atoms with Gasteiger partial charge in [-0.05, 0) is 49.4 Å². The standard InChI is InChI=1S/C16H28N2/c1-11-7-8-13(16(3,4)5)10-14(11)15(18-6)9-12(2)17/h7-8,10,12,15,18H,9,17H2,1-6H3. The van der Waals surface area contributed by atoms with Crippen LogP contribution in [0, 0.1) is 6.92 Å². The molecule has 0 aromatic heterocycles. The molecule has 0 fully saturated rings. The summed E-state index contributed by atoms with van der Waals surface area (Å²) in [6.45, 7) is 11.0. The molecule has 2 unspecified atom stereocenters. The second kappa shape index (κ2) is 5.85. The van der Waals surface area contributed by atoms with Gasteiger partial charge in [0, 0.05) is 12.1 Å². The average molecular weight is 248 g/mol. The number of nitrogens with one attached hydrogen (secondary N) is 1. The van der Waals surface area contributed by atoms with Gasteiger partial charge in [0.15, 0.2) is 0 Å². The first-order valence-corrected chi connectivity index (χ1v) is 6.79. The van der Waals surface area contributed by atoms with Crippen molar-refractivity contribution in [3.8, 4) is 0 Å². The summed E-state index contributed by atoms with van der Waals surface area (Å²) >= 11 is 0. The highest BCUT2D eigenvalue weighted by atomic mass is 14.9. The van der Waals surface area contributed by atoms with Crippen LogP contribution < -0.4 is 11.1 Å². The minimum atomic E-state index is 0.190. The van der Waals surface area contributed by atoms with Gasteiger partial charge in [-0.3, -0.25) is 0 Å². The molecule has 1 aromatic carbocycles. The quantitative estimate of drug-likeness (QED) is 0.858. The summed E-state index contributed by atoms with van der Waals surface area (Å²) in [5.74, 6) is 0. The molecule has 0 aliphatic heterocycles. The van der Waals surface area contributed by atoms with Gasteiger partial charge in [0.1, 0.15) is 0 Å². The Balaban J connectivity index is 3.13. The van der Waals surface area contributed by atoms with Crippen LogP contribution in [0.25, 0.3) is 0 Å². The second-order valence-corrected chi connectivity index (χ2v) is 6.38. The van der Waals surface area contributed by atoms with E-state index in [0.29, 0.717) is 6.04 Å². The van der Waals surface area contributed by atoms with E-state index in [9.17, 15) is 0 Å². The molecule has 0 heterocycles. The Labute approximate surface area is 112 Å². The van der Waals surface area contributed by atoms with E-state index in [1.54, 1.807) is 0 Å². The highest BCUT2D eigenvalue weighted by molar-refractivity contribution is 5.36. The van der Waals surface area contributed by atoms with Gasteiger partial charge in [-0.25, -0.2) is 0 Å². The lowest BCUT2D eigenvalue weighted by molar-refractivity contribution is 0.495. The molecule has 18 heavy (non-hydrogen) atoms. The highest BCUT2D eigenvalue weighted by Crippen LogP contribution is 2.28. The Hall–Kier alpha value is -0.860. The molecule has 0 aliphatic carbocycles. The molecule has 0 spiro atoms. The largest absolute Gasteiger partial charge is 0.328 e. The van der Waals surface area contributed by atoms with Crippen LogP contribution in [0.1, 0.15) is 56.8 Å². The van der Waals surface area contributed by atoms with Crippen molar-refractivity contribution in [3.05, 3.63) is 34.9 Å². The normalized spacial score (nSPS) is 15.5. The molecular weight excluding hydrogens is 220 g/mol. The number of hydrogen-bond donors (Lipinski definition) is 2. The molecule has 0 bridgehead atoms. The molecule has 2 heteroatoms. The van der Waals surface area contributed by atoms with Gasteiger partial charge in [-0.2, -0.15) is 0 Å². The van der Waals surface area contributed by atoms with Crippen molar-refractivity contribution in [2.45, 2.75) is 58.5 Å². The topological polar surface area (TPSA) is 38.0 Å². The van der Waals surface area contributed by atoms with Crippen LogP contribution in [0.3, 0.4) is 0 Å². The third kappa shape index (κ3) is 3.82. The van der Waals surface area contributed by atoms with Crippen LogP contribution in [0.4, 0.5) is 0 Å². The lowest BCUT2D eigenvalue weighted by Gasteiger charge is -2.25. The zero-order valence-electron chi connectivity index (χ0n) is 12.7. The summed E-state index contributed by atoms with van der Waals surface area (Å²) in [4.78, 5) is 0. The van der Waals surface area contributed by atoms with Crippen LogP contribution >= 0.6 is 0 Å². The molecular formula is C16H28N2. The maximum absolute atomic E-state index is 5.94. The van der Waals surface area contributed by atoms with Crippen molar-refractivity contribution in [3.63, 3.8) is 0 Å². The fourth-order valence-corrected chi connectivity index (χ4v) is 2.25. The maximum Gasteiger partial charge on any atom is 0.0334 e. The summed E-state index contributed by atoms with van der Waals surface area (Å²) in [5.41, 5.74) is 10.2. The van der Waals surface area contributed by atoms with Crippen molar-refractivity contribution in [2.75, 3.05) is 7.05 Å². The van der Waals surface area contributed by atoms with Gasteiger partial charge >= 0.3 is 0 Å². The van der Waals surface area contributed by atoms with Crippen molar-refractivity contribution < 1.29 is 0 Å². The van der Waals surface area contributed by atoms with Crippen LogP contribution in [0.5, 0.6) is 0 Å². The molecule has 1 aromatic rings. The van der Waals surface area contributed by atoms with Crippen LogP contribution in [0.15, 0.2) is 18.2 Å². The highest BCUT2D eigenvalue weighted by Gasteiger charge is 2.18. The Bertz CT molecular complexity index is 389. The Morgan fingerprint density at radius 1 is 1.28 bits per heavy atom. The van der Waals surface area contributed by atoms with Crippen molar-refractivity contribution in [1.29, 1.82) is 0 Å². The van der Waals surface area contributed by atoms with E-state index in [1.165, 1.54) is 16.7 Å². The Morgan fingerprint density at radius 2 is 1.89 bits per heavy atom. The van der Waals surface area contributed by atoms with Gasteiger partial charge in [-0.15, -0.1) is 0 Å².